The molecule has 0 rings (SSSR count). The summed E-state index contributed by atoms with van der Waals surface area (Å²) in [5.74, 6) is -2.73. The number of carboxylic acids is 2. The highest BCUT2D eigenvalue weighted by molar-refractivity contribution is 5.72. The maximum Gasteiger partial charge on any atom is 0.0755 e. The predicted molar refractivity (Wildman–Crippen MR) is 213 cm³/mol. The fourth-order valence-corrected chi connectivity index (χ4v) is 6.18. The SMILES string of the molecule is CCCCCCCCCC[NH2+]CCCCCCCCCC.CCCCCCCCCC[NH2+]CCCCCCCCCC.O=C([O-])CCC(=O)[O-]. The minimum atomic E-state index is -1.37. The Bertz CT molecular complexity index is 529. The number of carboxylic acid groups (broad SMARTS) is 2. The first-order valence-electron chi connectivity index (χ1n) is 22.5. The van der Waals surface area contributed by atoms with Gasteiger partial charge in [0.15, 0.2) is 0 Å². The van der Waals surface area contributed by atoms with Crippen molar-refractivity contribution < 1.29 is 30.4 Å². The van der Waals surface area contributed by atoms with Crippen molar-refractivity contribution in [2.75, 3.05) is 26.2 Å². The molecule has 4 N–H and O–H groups in total. The minimum Gasteiger partial charge on any atom is -0.550 e. The molecule has 6 heteroatoms. The molecule has 0 spiro atoms. The van der Waals surface area contributed by atoms with Crippen molar-refractivity contribution in [3.05, 3.63) is 0 Å². The van der Waals surface area contributed by atoms with Crippen LogP contribution in [0.3, 0.4) is 0 Å². The maximum atomic E-state index is 9.50. The topological polar surface area (TPSA) is 113 Å². The third kappa shape index (κ3) is 62.0. The molecule has 0 saturated heterocycles. The average molecular weight is 713 g/mol. The normalized spacial score (nSPS) is 10.7. The van der Waals surface area contributed by atoms with Crippen LogP contribution in [0.1, 0.15) is 246 Å². The standard InChI is InChI=1S/2C20H43N.C4H6O4/c2*1-3-5-7-9-11-13-15-17-19-21-20-18-16-14-12-10-8-6-4-2;5-3(6)1-2-4(7)8/h2*21H,3-20H2,1-2H3;1-2H2,(H,5,6)(H,7,8). The third-order valence-electron chi connectivity index (χ3n) is 9.58. The van der Waals surface area contributed by atoms with E-state index in [9.17, 15) is 19.8 Å². The number of carbonyl (C=O) groups excluding carboxylic acids is 2. The second kappa shape index (κ2) is 52.2. The van der Waals surface area contributed by atoms with E-state index >= 15 is 0 Å². The summed E-state index contributed by atoms with van der Waals surface area (Å²) in [6.45, 7) is 14.6. The molecule has 6 nitrogen and oxygen atoms in total. The van der Waals surface area contributed by atoms with Gasteiger partial charge in [-0.2, -0.15) is 0 Å². The summed E-state index contributed by atoms with van der Waals surface area (Å²) in [5, 5.41) is 24.1. The van der Waals surface area contributed by atoms with Crippen molar-refractivity contribution >= 4 is 11.9 Å². The Morgan fingerprint density at radius 3 is 0.620 bits per heavy atom. The van der Waals surface area contributed by atoms with E-state index in [1.54, 1.807) is 0 Å². The van der Waals surface area contributed by atoms with Gasteiger partial charge in [-0.25, -0.2) is 0 Å². The van der Waals surface area contributed by atoms with Gasteiger partial charge in [-0.1, -0.05) is 182 Å². The van der Waals surface area contributed by atoms with E-state index in [0.717, 1.165) is 0 Å². The Labute approximate surface area is 313 Å². The first kappa shape index (κ1) is 53.2. The van der Waals surface area contributed by atoms with Crippen molar-refractivity contribution in [2.45, 2.75) is 246 Å². The number of aliphatic carboxylic acids is 2. The predicted octanol–water partition coefficient (Wildman–Crippen LogP) is 8.93. The number of quaternary nitrogens is 2. The second-order valence-electron chi connectivity index (χ2n) is 14.9. The van der Waals surface area contributed by atoms with E-state index in [-0.39, 0.29) is 0 Å². The molecule has 0 fully saturated rings. The Balaban J connectivity index is -0.000000727. The van der Waals surface area contributed by atoms with Gasteiger partial charge in [0.05, 0.1) is 26.2 Å². The zero-order chi connectivity index (χ0) is 37.4. The Hall–Kier alpha value is -1.14. The molecular weight excluding hydrogens is 620 g/mol. The average Bonchev–Trinajstić information content (AvgIpc) is 3.10. The first-order chi connectivity index (χ1) is 24.5. The highest BCUT2D eigenvalue weighted by Crippen LogP contribution is 2.10. The van der Waals surface area contributed by atoms with E-state index in [4.69, 9.17) is 0 Å². The molecule has 0 bridgehead atoms. The molecular formula is C44H92N2O4. The second-order valence-corrected chi connectivity index (χ2v) is 14.9. The molecule has 0 aliphatic carbocycles. The molecule has 0 heterocycles. The van der Waals surface area contributed by atoms with Gasteiger partial charge in [0.1, 0.15) is 0 Å². The Morgan fingerprint density at radius 2 is 0.460 bits per heavy atom. The van der Waals surface area contributed by atoms with Crippen molar-refractivity contribution in [1.29, 1.82) is 0 Å². The lowest BCUT2D eigenvalue weighted by Crippen LogP contribution is -2.84. The lowest BCUT2D eigenvalue weighted by Gasteiger charge is -2.03. The van der Waals surface area contributed by atoms with Crippen LogP contribution >= 0.6 is 0 Å². The molecule has 0 aromatic rings. The molecule has 0 unspecified atom stereocenters. The molecule has 0 amide bonds. The summed E-state index contributed by atoms with van der Waals surface area (Å²) in [4.78, 5) is 19.0. The minimum absolute atomic E-state index is 0.470. The van der Waals surface area contributed by atoms with Gasteiger partial charge in [-0.3, -0.25) is 0 Å². The van der Waals surface area contributed by atoms with Gasteiger partial charge in [-0.15, -0.1) is 0 Å². The monoisotopic (exact) mass is 713 g/mol. The Kier molecular flexibility index (Phi) is 55.6. The summed E-state index contributed by atoms with van der Waals surface area (Å²) in [6.07, 6.45) is 45.3. The van der Waals surface area contributed by atoms with E-state index in [1.807, 2.05) is 0 Å². The molecule has 0 aliphatic heterocycles. The highest BCUT2D eigenvalue weighted by atomic mass is 16.4. The number of nitrogens with two attached hydrogens (primary N) is 2. The van der Waals surface area contributed by atoms with Gasteiger partial charge in [-0.05, 0) is 64.2 Å². The summed E-state index contributed by atoms with van der Waals surface area (Å²) in [6, 6.07) is 0. The molecule has 50 heavy (non-hydrogen) atoms. The molecule has 0 saturated carbocycles. The fraction of sp³-hybridized carbons (Fsp3) is 0.955. The van der Waals surface area contributed by atoms with Crippen molar-refractivity contribution in [1.82, 2.24) is 0 Å². The smallest absolute Gasteiger partial charge is 0.0755 e. The van der Waals surface area contributed by atoms with E-state index in [2.05, 4.69) is 38.3 Å². The van der Waals surface area contributed by atoms with Crippen LogP contribution in [-0.4, -0.2) is 38.1 Å². The van der Waals surface area contributed by atoms with Crippen LogP contribution in [0.15, 0.2) is 0 Å². The van der Waals surface area contributed by atoms with E-state index in [0.29, 0.717) is 0 Å². The highest BCUT2D eigenvalue weighted by Gasteiger charge is 1.97. The Morgan fingerprint density at radius 1 is 0.300 bits per heavy atom. The molecule has 0 aromatic heterocycles. The third-order valence-corrected chi connectivity index (χ3v) is 9.58. The number of rotatable bonds is 39. The lowest BCUT2D eigenvalue weighted by atomic mass is 10.1. The van der Waals surface area contributed by atoms with Gasteiger partial charge in [0, 0.05) is 11.9 Å². The van der Waals surface area contributed by atoms with Crippen molar-refractivity contribution in [3.8, 4) is 0 Å². The summed E-state index contributed by atoms with van der Waals surface area (Å²) >= 11 is 0. The van der Waals surface area contributed by atoms with Crippen LogP contribution in [0.2, 0.25) is 0 Å². The zero-order valence-corrected chi connectivity index (χ0v) is 34.7. The van der Waals surface area contributed by atoms with Crippen LogP contribution in [0, 0.1) is 0 Å². The van der Waals surface area contributed by atoms with Crippen LogP contribution < -0.4 is 20.8 Å². The number of carbonyl (C=O) groups is 2. The number of hydrogen-bond donors (Lipinski definition) is 2. The number of hydrogen-bond acceptors (Lipinski definition) is 4. The summed E-state index contributed by atoms with van der Waals surface area (Å²) < 4.78 is 0. The maximum absolute atomic E-state index is 9.50. The van der Waals surface area contributed by atoms with Crippen LogP contribution in [0.25, 0.3) is 0 Å². The van der Waals surface area contributed by atoms with Crippen LogP contribution in [0.4, 0.5) is 0 Å². The molecule has 0 aliphatic rings. The molecule has 0 aromatic carbocycles. The zero-order valence-electron chi connectivity index (χ0n) is 34.7. The van der Waals surface area contributed by atoms with E-state index in [1.165, 1.54) is 232 Å². The number of unbranched alkanes of at least 4 members (excludes halogenated alkanes) is 28. The van der Waals surface area contributed by atoms with Gasteiger partial charge >= 0.3 is 0 Å². The van der Waals surface area contributed by atoms with Gasteiger partial charge in [0.25, 0.3) is 0 Å². The molecule has 302 valence electrons. The first-order valence-corrected chi connectivity index (χ1v) is 22.5. The van der Waals surface area contributed by atoms with Gasteiger partial charge < -0.3 is 30.4 Å². The van der Waals surface area contributed by atoms with Crippen LogP contribution in [-0.2, 0) is 9.59 Å². The van der Waals surface area contributed by atoms with E-state index < -0.39 is 24.8 Å². The van der Waals surface area contributed by atoms with Gasteiger partial charge in [0.2, 0.25) is 0 Å². The van der Waals surface area contributed by atoms with Crippen molar-refractivity contribution in [2.24, 2.45) is 0 Å². The largest absolute Gasteiger partial charge is 0.550 e. The quantitative estimate of drug-likeness (QED) is 0.0620. The van der Waals surface area contributed by atoms with Crippen molar-refractivity contribution in [3.63, 3.8) is 0 Å². The summed E-state index contributed by atoms with van der Waals surface area (Å²) in [7, 11) is 0. The lowest BCUT2D eigenvalue weighted by molar-refractivity contribution is -0.655. The summed E-state index contributed by atoms with van der Waals surface area (Å²) in [5.41, 5.74) is 0. The fourth-order valence-electron chi connectivity index (χ4n) is 6.18. The van der Waals surface area contributed by atoms with Crippen LogP contribution in [0.5, 0.6) is 0 Å². The molecule has 0 radical (unpaired) electrons. The molecule has 0 atom stereocenters.